The van der Waals surface area contributed by atoms with Gasteiger partial charge in [0.1, 0.15) is 11.6 Å². The average molecular weight is 410 g/mol. The highest BCUT2D eigenvalue weighted by molar-refractivity contribution is 5.84. The second kappa shape index (κ2) is 6.62. The number of rotatable bonds is 2. The van der Waals surface area contributed by atoms with E-state index in [9.17, 15) is 32.4 Å². The second-order valence-electron chi connectivity index (χ2n) is 6.77. The summed E-state index contributed by atoms with van der Waals surface area (Å²) in [4.78, 5) is 26.3. The Balaban J connectivity index is 2.10. The van der Waals surface area contributed by atoms with E-state index in [2.05, 4.69) is 0 Å². The van der Waals surface area contributed by atoms with E-state index in [-0.39, 0.29) is 28.0 Å². The van der Waals surface area contributed by atoms with Gasteiger partial charge in [-0.3, -0.25) is 9.36 Å². The fourth-order valence-corrected chi connectivity index (χ4v) is 3.47. The van der Waals surface area contributed by atoms with Gasteiger partial charge in [0.15, 0.2) is 11.6 Å². The molecule has 0 spiro atoms. The third-order valence-electron chi connectivity index (χ3n) is 4.90. The predicted octanol–water partition coefficient (Wildman–Crippen LogP) is 1.48. The molecule has 7 nitrogen and oxygen atoms in total. The van der Waals surface area contributed by atoms with Crippen LogP contribution in [0.15, 0.2) is 33.9 Å². The topological polar surface area (TPSA) is 93.5 Å². The van der Waals surface area contributed by atoms with Crippen LogP contribution in [0, 0.1) is 23.3 Å². The van der Waals surface area contributed by atoms with E-state index < -0.39 is 45.6 Å². The van der Waals surface area contributed by atoms with Gasteiger partial charge in [0.05, 0.1) is 22.3 Å². The van der Waals surface area contributed by atoms with Crippen LogP contribution >= 0.6 is 0 Å². The first kappa shape index (κ1) is 19.0. The fourth-order valence-electron chi connectivity index (χ4n) is 3.47. The molecule has 1 aliphatic rings. The van der Waals surface area contributed by atoms with Gasteiger partial charge in [0.25, 0.3) is 5.56 Å². The summed E-state index contributed by atoms with van der Waals surface area (Å²) in [6.45, 7) is 0.716. The first-order valence-corrected chi connectivity index (χ1v) is 8.55. The van der Waals surface area contributed by atoms with Gasteiger partial charge in [0.2, 0.25) is 0 Å². The number of hydrogen-bond donors (Lipinski definition) is 2. The van der Waals surface area contributed by atoms with E-state index in [1.807, 2.05) is 0 Å². The van der Waals surface area contributed by atoms with Gasteiger partial charge < -0.3 is 15.8 Å². The molecule has 0 amide bonds. The maximum absolute atomic E-state index is 14.7. The molecule has 0 saturated carbocycles. The standard InChI is InChI=1S/C18H14F4N4O3/c19-10-4-13(22)16(5-11(10)20)25-14-6-15(24-2-1-8(23)7-24)12(21)3-9(14)17(27)26(29)18(25)28/h3-6,8,29H,1-2,7,23H2. The summed E-state index contributed by atoms with van der Waals surface area (Å²) in [7, 11) is 0. The largest absolute Gasteiger partial charge is 0.421 e. The zero-order chi connectivity index (χ0) is 21.0. The molecule has 1 fully saturated rings. The van der Waals surface area contributed by atoms with E-state index in [1.54, 1.807) is 4.90 Å². The number of hydrogen-bond acceptors (Lipinski definition) is 5. The number of nitrogens with two attached hydrogens (primary N) is 1. The number of anilines is 1. The first-order chi connectivity index (χ1) is 13.7. The van der Waals surface area contributed by atoms with Crippen molar-refractivity contribution >= 4 is 16.6 Å². The molecule has 1 unspecified atom stereocenters. The Bertz CT molecular complexity index is 1270. The van der Waals surface area contributed by atoms with Crippen LogP contribution in [0.25, 0.3) is 16.6 Å². The molecule has 1 atom stereocenters. The predicted molar refractivity (Wildman–Crippen MR) is 95.6 cm³/mol. The number of aromatic nitrogens is 2. The average Bonchev–Trinajstić information content (AvgIpc) is 3.10. The lowest BCUT2D eigenvalue weighted by Gasteiger charge is -2.20. The molecular weight excluding hydrogens is 396 g/mol. The van der Waals surface area contributed by atoms with Crippen molar-refractivity contribution in [2.75, 3.05) is 18.0 Å². The van der Waals surface area contributed by atoms with Gasteiger partial charge in [-0.1, -0.05) is 4.73 Å². The second-order valence-corrected chi connectivity index (χ2v) is 6.77. The summed E-state index contributed by atoms with van der Waals surface area (Å²) in [6, 6.07) is 2.33. The molecule has 1 aromatic heterocycles. The van der Waals surface area contributed by atoms with Crippen LogP contribution in [0.2, 0.25) is 0 Å². The molecule has 2 aromatic carbocycles. The molecule has 29 heavy (non-hydrogen) atoms. The molecule has 11 heteroatoms. The molecule has 4 rings (SSSR count). The number of benzene rings is 2. The molecule has 0 bridgehead atoms. The van der Waals surface area contributed by atoms with Crippen LogP contribution in [0.4, 0.5) is 23.2 Å². The molecule has 1 saturated heterocycles. The summed E-state index contributed by atoms with van der Waals surface area (Å²) < 4.78 is 56.2. The SMILES string of the molecule is NC1CCN(c2cc3c(cc2F)c(=O)n(O)c(=O)n3-c2cc(F)c(F)cc2F)C1. The first-order valence-electron chi connectivity index (χ1n) is 8.55. The third kappa shape index (κ3) is 2.94. The van der Waals surface area contributed by atoms with Gasteiger partial charge in [-0.15, -0.1) is 0 Å². The zero-order valence-corrected chi connectivity index (χ0v) is 14.7. The van der Waals surface area contributed by atoms with Crippen molar-refractivity contribution in [3.63, 3.8) is 0 Å². The minimum atomic E-state index is -1.49. The number of fused-ring (bicyclic) bond motifs is 1. The third-order valence-corrected chi connectivity index (χ3v) is 4.90. The summed E-state index contributed by atoms with van der Waals surface area (Å²) in [5.74, 6) is -5.08. The minimum Gasteiger partial charge on any atom is -0.421 e. The smallest absolute Gasteiger partial charge is 0.369 e. The lowest BCUT2D eigenvalue weighted by molar-refractivity contribution is 0.160. The van der Waals surface area contributed by atoms with E-state index in [0.717, 1.165) is 12.1 Å². The highest BCUT2D eigenvalue weighted by Crippen LogP contribution is 2.28. The minimum absolute atomic E-state index is 0.00307. The highest BCUT2D eigenvalue weighted by Gasteiger charge is 2.25. The molecule has 152 valence electrons. The lowest BCUT2D eigenvalue weighted by Crippen LogP contribution is -2.38. The van der Waals surface area contributed by atoms with Crippen molar-refractivity contribution in [2.45, 2.75) is 12.5 Å². The van der Waals surface area contributed by atoms with E-state index in [4.69, 9.17) is 5.73 Å². The summed E-state index contributed by atoms with van der Waals surface area (Å²) in [5.41, 5.74) is 2.12. The maximum Gasteiger partial charge on any atom is 0.369 e. The molecule has 0 radical (unpaired) electrons. The van der Waals surface area contributed by atoms with Gasteiger partial charge in [0, 0.05) is 31.3 Å². The summed E-state index contributed by atoms with van der Waals surface area (Å²) in [5, 5.41) is 9.34. The lowest BCUT2D eigenvalue weighted by atomic mass is 10.1. The van der Waals surface area contributed by atoms with E-state index in [1.165, 1.54) is 0 Å². The number of halogens is 4. The van der Waals surface area contributed by atoms with Crippen molar-refractivity contribution in [1.29, 1.82) is 0 Å². The van der Waals surface area contributed by atoms with Crippen molar-refractivity contribution in [2.24, 2.45) is 5.73 Å². The highest BCUT2D eigenvalue weighted by atomic mass is 19.2. The van der Waals surface area contributed by atoms with Crippen molar-refractivity contribution in [3.8, 4) is 5.69 Å². The van der Waals surface area contributed by atoms with Crippen molar-refractivity contribution in [3.05, 3.63) is 68.4 Å². The van der Waals surface area contributed by atoms with Crippen molar-refractivity contribution < 1.29 is 22.8 Å². The van der Waals surface area contributed by atoms with Crippen LogP contribution in [-0.4, -0.2) is 33.6 Å². The Labute approximate surface area is 159 Å². The Morgan fingerprint density at radius 1 is 0.931 bits per heavy atom. The molecule has 2 heterocycles. The van der Waals surface area contributed by atoms with Crippen LogP contribution < -0.4 is 21.9 Å². The molecular formula is C18H14F4N4O3. The number of nitrogens with zero attached hydrogens (tertiary/aromatic N) is 3. The van der Waals surface area contributed by atoms with Crippen LogP contribution in [0.1, 0.15) is 6.42 Å². The van der Waals surface area contributed by atoms with E-state index in [0.29, 0.717) is 30.1 Å². The van der Waals surface area contributed by atoms with Crippen LogP contribution in [-0.2, 0) is 0 Å². The Morgan fingerprint density at radius 2 is 1.59 bits per heavy atom. The van der Waals surface area contributed by atoms with Crippen molar-refractivity contribution in [1.82, 2.24) is 9.30 Å². The van der Waals surface area contributed by atoms with Gasteiger partial charge >= 0.3 is 5.69 Å². The Morgan fingerprint density at radius 3 is 2.24 bits per heavy atom. The Kier molecular flexibility index (Phi) is 4.34. The van der Waals surface area contributed by atoms with Gasteiger partial charge in [-0.05, 0) is 18.6 Å². The molecule has 0 aliphatic carbocycles. The zero-order valence-electron chi connectivity index (χ0n) is 14.7. The Hall–Kier alpha value is -3.34. The summed E-state index contributed by atoms with van der Waals surface area (Å²) >= 11 is 0. The maximum atomic E-state index is 14.7. The van der Waals surface area contributed by atoms with Gasteiger partial charge in [-0.2, -0.15) is 0 Å². The fraction of sp³-hybridized carbons (Fsp3) is 0.222. The van der Waals surface area contributed by atoms with Crippen LogP contribution in [0.5, 0.6) is 0 Å². The molecule has 1 aliphatic heterocycles. The monoisotopic (exact) mass is 410 g/mol. The van der Waals surface area contributed by atoms with Gasteiger partial charge in [-0.25, -0.2) is 22.4 Å². The van der Waals surface area contributed by atoms with E-state index >= 15 is 0 Å². The molecule has 3 N–H and O–H groups in total. The quantitative estimate of drug-likeness (QED) is 0.379. The molecule has 3 aromatic rings. The van der Waals surface area contributed by atoms with Crippen LogP contribution in [0.3, 0.4) is 0 Å². The summed E-state index contributed by atoms with van der Waals surface area (Å²) in [6.07, 6.45) is 0.584. The normalized spacial score (nSPS) is 16.7.